The number of nitrogens with zero attached hydrogens (tertiary/aromatic N) is 1. The number of nitrogen functional groups attached to an aromatic ring is 1. The number of benzene rings is 1. The van der Waals surface area contributed by atoms with Gasteiger partial charge in [0, 0.05) is 11.1 Å². The van der Waals surface area contributed by atoms with Crippen molar-refractivity contribution in [2.24, 2.45) is 0 Å². The summed E-state index contributed by atoms with van der Waals surface area (Å²) >= 11 is 5.96. The van der Waals surface area contributed by atoms with Crippen LogP contribution in [0.4, 0.5) is 11.4 Å². The van der Waals surface area contributed by atoms with Gasteiger partial charge in [0.05, 0.1) is 17.4 Å². The van der Waals surface area contributed by atoms with Crippen LogP contribution in [0.2, 0.25) is 5.02 Å². The van der Waals surface area contributed by atoms with Crippen molar-refractivity contribution >= 4 is 28.9 Å². The Hall–Kier alpha value is -1.26. The SMILES string of the molecule is CC1CCCCCN1C(C)C(=O)Nc1cc(Cl)ccc1N. The monoisotopic (exact) mass is 309 g/mol. The van der Waals surface area contributed by atoms with E-state index in [-0.39, 0.29) is 11.9 Å². The van der Waals surface area contributed by atoms with Crippen LogP contribution < -0.4 is 11.1 Å². The Morgan fingerprint density at radius 3 is 2.95 bits per heavy atom. The van der Waals surface area contributed by atoms with E-state index in [2.05, 4.69) is 17.1 Å². The first kappa shape index (κ1) is 16.1. The number of likely N-dealkylation sites (tertiary alicyclic amines) is 1. The molecule has 1 saturated heterocycles. The van der Waals surface area contributed by atoms with Gasteiger partial charge < -0.3 is 11.1 Å². The molecule has 0 spiro atoms. The molecule has 1 amide bonds. The quantitative estimate of drug-likeness (QED) is 0.840. The molecule has 1 aromatic carbocycles. The summed E-state index contributed by atoms with van der Waals surface area (Å²) < 4.78 is 0. The lowest BCUT2D eigenvalue weighted by Crippen LogP contribution is -2.46. The van der Waals surface area contributed by atoms with Crippen molar-refractivity contribution in [1.29, 1.82) is 0 Å². The number of rotatable bonds is 3. The van der Waals surface area contributed by atoms with Crippen LogP contribution in [0.3, 0.4) is 0 Å². The molecule has 2 unspecified atom stereocenters. The molecule has 1 aliphatic heterocycles. The Labute approximate surface area is 131 Å². The molecular weight excluding hydrogens is 286 g/mol. The lowest BCUT2D eigenvalue weighted by molar-refractivity contribution is -0.121. The number of nitrogens with one attached hydrogen (secondary N) is 1. The van der Waals surface area contributed by atoms with E-state index in [0.717, 1.165) is 19.4 Å². The van der Waals surface area contributed by atoms with Crippen LogP contribution in [-0.4, -0.2) is 29.4 Å². The van der Waals surface area contributed by atoms with E-state index in [1.165, 1.54) is 12.8 Å². The van der Waals surface area contributed by atoms with E-state index >= 15 is 0 Å². The third kappa shape index (κ3) is 4.11. The highest BCUT2D eigenvalue weighted by atomic mass is 35.5. The summed E-state index contributed by atoms with van der Waals surface area (Å²) in [5.74, 6) is -0.0299. The van der Waals surface area contributed by atoms with Gasteiger partial charge in [-0.1, -0.05) is 24.4 Å². The minimum absolute atomic E-state index is 0.0299. The maximum atomic E-state index is 12.5. The standard InChI is InChI=1S/C16H24ClN3O/c1-11-6-4-3-5-9-20(11)12(2)16(21)19-15-10-13(17)7-8-14(15)18/h7-8,10-12H,3-6,9,18H2,1-2H3,(H,19,21). The molecule has 0 saturated carbocycles. The minimum Gasteiger partial charge on any atom is -0.397 e. The second-order valence-corrected chi connectivity index (χ2v) is 6.27. The molecule has 2 atom stereocenters. The molecule has 0 aliphatic carbocycles. The summed E-state index contributed by atoms with van der Waals surface area (Å²) in [5.41, 5.74) is 7.00. The van der Waals surface area contributed by atoms with E-state index in [4.69, 9.17) is 17.3 Å². The molecule has 1 aliphatic rings. The summed E-state index contributed by atoms with van der Waals surface area (Å²) in [4.78, 5) is 14.8. The molecule has 4 nitrogen and oxygen atoms in total. The van der Waals surface area contributed by atoms with Gasteiger partial charge in [-0.05, 0) is 51.4 Å². The van der Waals surface area contributed by atoms with Gasteiger partial charge in [-0.25, -0.2) is 0 Å². The Balaban J connectivity index is 2.06. The number of carbonyl (C=O) groups is 1. The van der Waals surface area contributed by atoms with Crippen LogP contribution >= 0.6 is 11.6 Å². The van der Waals surface area contributed by atoms with E-state index in [9.17, 15) is 4.79 Å². The van der Waals surface area contributed by atoms with Gasteiger partial charge in [0.25, 0.3) is 0 Å². The first-order valence-electron chi connectivity index (χ1n) is 7.60. The lowest BCUT2D eigenvalue weighted by Gasteiger charge is -2.32. The van der Waals surface area contributed by atoms with Crippen LogP contribution in [0, 0.1) is 0 Å². The highest BCUT2D eigenvalue weighted by molar-refractivity contribution is 6.31. The van der Waals surface area contributed by atoms with Crippen molar-refractivity contribution in [3.05, 3.63) is 23.2 Å². The molecule has 0 aromatic heterocycles. The van der Waals surface area contributed by atoms with Crippen molar-refractivity contribution in [3.63, 3.8) is 0 Å². The van der Waals surface area contributed by atoms with Crippen molar-refractivity contribution in [2.75, 3.05) is 17.6 Å². The fourth-order valence-electron chi connectivity index (χ4n) is 2.90. The van der Waals surface area contributed by atoms with Crippen LogP contribution in [-0.2, 0) is 4.79 Å². The van der Waals surface area contributed by atoms with Crippen molar-refractivity contribution in [1.82, 2.24) is 4.90 Å². The number of nitrogens with two attached hydrogens (primary N) is 1. The maximum Gasteiger partial charge on any atom is 0.241 e. The molecule has 1 fully saturated rings. The smallest absolute Gasteiger partial charge is 0.241 e. The highest BCUT2D eigenvalue weighted by Gasteiger charge is 2.27. The third-order valence-electron chi connectivity index (χ3n) is 4.25. The van der Waals surface area contributed by atoms with Crippen LogP contribution in [0.5, 0.6) is 0 Å². The molecule has 0 radical (unpaired) electrons. The number of carbonyl (C=O) groups excluding carboxylic acids is 1. The average Bonchev–Trinajstić information content (AvgIpc) is 2.66. The van der Waals surface area contributed by atoms with Gasteiger partial charge in [0.2, 0.25) is 5.91 Å². The zero-order valence-corrected chi connectivity index (χ0v) is 13.5. The molecule has 1 aromatic rings. The second-order valence-electron chi connectivity index (χ2n) is 5.83. The number of halogens is 1. The average molecular weight is 310 g/mol. The van der Waals surface area contributed by atoms with E-state index in [1.54, 1.807) is 18.2 Å². The Kier molecular flexibility index (Phi) is 5.48. The summed E-state index contributed by atoms with van der Waals surface area (Å²) in [6.45, 7) is 5.13. The molecule has 116 valence electrons. The summed E-state index contributed by atoms with van der Waals surface area (Å²) in [6.07, 6.45) is 4.79. The van der Waals surface area contributed by atoms with Crippen molar-refractivity contribution < 1.29 is 4.79 Å². The second kappa shape index (κ2) is 7.14. The highest BCUT2D eigenvalue weighted by Crippen LogP contribution is 2.24. The van der Waals surface area contributed by atoms with Crippen LogP contribution in [0.1, 0.15) is 39.5 Å². The normalized spacial score (nSPS) is 21.6. The van der Waals surface area contributed by atoms with Gasteiger partial charge in [-0.2, -0.15) is 0 Å². The summed E-state index contributed by atoms with van der Waals surface area (Å²) in [5, 5.41) is 3.46. The first-order chi connectivity index (χ1) is 9.99. The number of hydrogen-bond donors (Lipinski definition) is 2. The van der Waals surface area contributed by atoms with E-state index in [0.29, 0.717) is 22.4 Å². The van der Waals surface area contributed by atoms with Gasteiger partial charge in [0.15, 0.2) is 0 Å². The van der Waals surface area contributed by atoms with Gasteiger partial charge in [-0.15, -0.1) is 0 Å². The van der Waals surface area contributed by atoms with Crippen molar-refractivity contribution in [3.8, 4) is 0 Å². The van der Waals surface area contributed by atoms with E-state index < -0.39 is 0 Å². The number of anilines is 2. The predicted octanol–water partition coefficient (Wildman–Crippen LogP) is 3.51. The van der Waals surface area contributed by atoms with Gasteiger partial charge in [0.1, 0.15) is 0 Å². The Morgan fingerprint density at radius 1 is 1.43 bits per heavy atom. The molecule has 3 N–H and O–H groups in total. The fourth-order valence-corrected chi connectivity index (χ4v) is 3.07. The summed E-state index contributed by atoms with van der Waals surface area (Å²) in [6, 6.07) is 5.37. The predicted molar refractivity (Wildman–Crippen MR) is 88.6 cm³/mol. The minimum atomic E-state index is -0.170. The van der Waals surface area contributed by atoms with Crippen LogP contribution in [0.15, 0.2) is 18.2 Å². The molecule has 21 heavy (non-hydrogen) atoms. The molecular formula is C16H24ClN3O. The number of amides is 1. The molecule has 2 rings (SSSR count). The zero-order valence-electron chi connectivity index (χ0n) is 12.7. The third-order valence-corrected chi connectivity index (χ3v) is 4.49. The molecule has 5 heteroatoms. The van der Waals surface area contributed by atoms with Gasteiger partial charge >= 0.3 is 0 Å². The van der Waals surface area contributed by atoms with E-state index in [1.807, 2.05) is 6.92 Å². The lowest BCUT2D eigenvalue weighted by atomic mass is 10.1. The Morgan fingerprint density at radius 2 is 2.19 bits per heavy atom. The van der Waals surface area contributed by atoms with Gasteiger partial charge in [-0.3, -0.25) is 9.69 Å². The first-order valence-corrected chi connectivity index (χ1v) is 7.98. The fraction of sp³-hybridized carbons (Fsp3) is 0.562. The topological polar surface area (TPSA) is 58.4 Å². The molecule has 0 bridgehead atoms. The maximum absolute atomic E-state index is 12.5. The Bertz CT molecular complexity index is 506. The number of hydrogen-bond acceptors (Lipinski definition) is 3. The van der Waals surface area contributed by atoms with Crippen LogP contribution in [0.25, 0.3) is 0 Å². The largest absolute Gasteiger partial charge is 0.397 e. The van der Waals surface area contributed by atoms with Crippen molar-refractivity contribution in [2.45, 2.75) is 51.6 Å². The summed E-state index contributed by atoms with van der Waals surface area (Å²) in [7, 11) is 0. The molecule has 1 heterocycles. The zero-order chi connectivity index (χ0) is 15.4.